The first kappa shape index (κ1) is 20.3. The molecule has 0 atom stereocenters. The van der Waals surface area contributed by atoms with E-state index in [1.165, 1.54) is 17.6 Å². The average Bonchev–Trinajstić information content (AvgIpc) is 3.35. The predicted molar refractivity (Wildman–Crippen MR) is 122 cm³/mol. The smallest absolute Gasteiger partial charge is 0.353 e. The second-order valence-electron chi connectivity index (χ2n) is 7.41. The number of ether oxygens (including phenoxy) is 3. The number of thiophene rings is 1. The fourth-order valence-electron chi connectivity index (χ4n) is 3.72. The van der Waals surface area contributed by atoms with Gasteiger partial charge in [0.05, 0.1) is 10.9 Å². The van der Waals surface area contributed by atoms with E-state index >= 15 is 0 Å². The summed E-state index contributed by atoms with van der Waals surface area (Å²) in [6, 6.07) is 12.3. The molecule has 0 aliphatic carbocycles. The topological polar surface area (TPSA) is 75.0 Å². The molecule has 4 aromatic rings. The van der Waals surface area contributed by atoms with Crippen molar-refractivity contribution in [2.45, 2.75) is 19.8 Å². The fraction of sp³-hybridized carbons (Fsp3) is 0.200. The van der Waals surface area contributed by atoms with Crippen molar-refractivity contribution in [2.75, 3.05) is 13.2 Å². The summed E-state index contributed by atoms with van der Waals surface area (Å²) in [4.78, 5) is 26.3. The Labute approximate surface area is 188 Å². The van der Waals surface area contributed by atoms with E-state index in [0.29, 0.717) is 63.9 Å². The van der Waals surface area contributed by atoms with Crippen LogP contribution in [0.5, 0.6) is 17.2 Å². The van der Waals surface area contributed by atoms with Crippen LogP contribution in [0.4, 0.5) is 0 Å². The summed E-state index contributed by atoms with van der Waals surface area (Å²) in [7, 11) is 0. The molecule has 32 heavy (non-hydrogen) atoms. The quantitative estimate of drug-likeness (QED) is 0.298. The van der Waals surface area contributed by atoms with Crippen molar-refractivity contribution >= 4 is 28.3 Å². The molecule has 0 saturated heterocycles. The molecular weight excluding hydrogens is 428 g/mol. The molecule has 0 N–H and O–H groups in total. The molecule has 162 valence electrons. The predicted octanol–water partition coefficient (Wildman–Crippen LogP) is 5.46. The molecular formula is C25H20O6S. The number of aryl methyl sites for hydroxylation is 1. The number of carbonyl (C=O) groups excluding carboxylic acids is 1. The number of rotatable bonds is 5. The van der Waals surface area contributed by atoms with Crippen LogP contribution in [0.3, 0.4) is 0 Å². The first-order chi connectivity index (χ1) is 15.6. The van der Waals surface area contributed by atoms with Crippen molar-refractivity contribution in [2.24, 2.45) is 0 Å². The second-order valence-corrected chi connectivity index (χ2v) is 8.36. The number of carbonyl (C=O) groups is 1. The van der Waals surface area contributed by atoms with E-state index in [-0.39, 0.29) is 5.43 Å². The summed E-state index contributed by atoms with van der Waals surface area (Å²) < 4.78 is 22.7. The summed E-state index contributed by atoms with van der Waals surface area (Å²) in [6.07, 6.45) is 2.93. The van der Waals surface area contributed by atoms with Crippen LogP contribution in [0.1, 0.15) is 28.6 Å². The van der Waals surface area contributed by atoms with Crippen LogP contribution in [-0.4, -0.2) is 19.2 Å². The molecule has 0 bridgehead atoms. The highest BCUT2D eigenvalue weighted by atomic mass is 32.1. The van der Waals surface area contributed by atoms with E-state index in [9.17, 15) is 9.59 Å². The number of hydrogen-bond acceptors (Lipinski definition) is 7. The van der Waals surface area contributed by atoms with Crippen molar-refractivity contribution in [3.05, 3.63) is 74.8 Å². The SMILES string of the molecule is CCCc1cc2c(=O)c(-c3ccc4c(c3)OCCO4)coc2cc1OC(=O)c1cccs1. The lowest BCUT2D eigenvalue weighted by atomic mass is 10.0. The minimum atomic E-state index is -0.424. The second kappa shape index (κ2) is 8.51. The van der Waals surface area contributed by atoms with Gasteiger partial charge >= 0.3 is 5.97 Å². The van der Waals surface area contributed by atoms with E-state index in [0.717, 1.165) is 12.0 Å². The Hall–Kier alpha value is -3.58. The standard InChI is InChI=1S/C25H20O6S/c1-2-4-16-11-17-21(13-20(16)31-25(27)23-5-3-10-32-23)30-14-18(24(17)26)15-6-7-19-22(12-15)29-9-8-28-19/h3,5-7,10-14H,2,4,8-9H2,1H3. The largest absolute Gasteiger partial charge is 0.486 e. The van der Waals surface area contributed by atoms with E-state index in [1.54, 1.807) is 36.4 Å². The van der Waals surface area contributed by atoms with E-state index in [4.69, 9.17) is 18.6 Å². The zero-order valence-electron chi connectivity index (χ0n) is 17.4. The zero-order valence-corrected chi connectivity index (χ0v) is 18.2. The lowest BCUT2D eigenvalue weighted by Gasteiger charge is -2.18. The van der Waals surface area contributed by atoms with Crippen LogP contribution in [0.15, 0.2) is 63.3 Å². The van der Waals surface area contributed by atoms with Gasteiger partial charge in [0, 0.05) is 6.07 Å². The van der Waals surface area contributed by atoms with Gasteiger partial charge in [-0.25, -0.2) is 4.79 Å². The average molecular weight is 448 g/mol. The van der Waals surface area contributed by atoms with Gasteiger partial charge in [-0.1, -0.05) is 25.5 Å². The van der Waals surface area contributed by atoms with Crippen LogP contribution in [0.25, 0.3) is 22.1 Å². The van der Waals surface area contributed by atoms with E-state index in [1.807, 2.05) is 18.4 Å². The summed E-state index contributed by atoms with van der Waals surface area (Å²) in [5.41, 5.74) is 2.12. The summed E-state index contributed by atoms with van der Waals surface area (Å²) >= 11 is 1.32. The van der Waals surface area contributed by atoms with Gasteiger partial charge in [-0.3, -0.25) is 4.79 Å². The first-order valence-electron chi connectivity index (χ1n) is 10.4. The molecule has 2 aromatic carbocycles. The Morgan fingerprint density at radius 3 is 2.72 bits per heavy atom. The summed E-state index contributed by atoms with van der Waals surface area (Å²) in [6.45, 7) is 3.00. The van der Waals surface area contributed by atoms with Gasteiger partial charge in [0.25, 0.3) is 0 Å². The minimum Gasteiger partial charge on any atom is -0.486 e. The van der Waals surface area contributed by atoms with Gasteiger partial charge < -0.3 is 18.6 Å². The van der Waals surface area contributed by atoms with Crippen molar-refractivity contribution in [1.29, 1.82) is 0 Å². The molecule has 0 spiro atoms. The highest BCUT2D eigenvalue weighted by Gasteiger charge is 2.18. The molecule has 7 heteroatoms. The van der Waals surface area contributed by atoms with Gasteiger partial charge in [0.1, 0.15) is 35.7 Å². The number of fused-ring (bicyclic) bond motifs is 2. The van der Waals surface area contributed by atoms with Gasteiger partial charge in [-0.15, -0.1) is 11.3 Å². The maximum atomic E-state index is 13.3. The Morgan fingerprint density at radius 1 is 1.09 bits per heavy atom. The van der Waals surface area contributed by atoms with Crippen LogP contribution in [0, 0.1) is 0 Å². The Morgan fingerprint density at radius 2 is 1.94 bits per heavy atom. The first-order valence-corrected chi connectivity index (χ1v) is 11.3. The number of hydrogen-bond donors (Lipinski definition) is 0. The van der Waals surface area contributed by atoms with Crippen molar-refractivity contribution < 1.29 is 23.4 Å². The summed E-state index contributed by atoms with van der Waals surface area (Å²) in [5.74, 6) is 1.25. The van der Waals surface area contributed by atoms with Crippen molar-refractivity contribution in [3.8, 4) is 28.4 Å². The van der Waals surface area contributed by atoms with Gasteiger partial charge in [0.2, 0.25) is 5.43 Å². The lowest BCUT2D eigenvalue weighted by Crippen LogP contribution is -2.15. The fourth-order valence-corrected chi connectivity index (χ4v) is 4.32. The molecule has 0 fully saturated rings. The summed E-state index contributed by atoms with van der Waals surface area (Å²) in [5, 5.41) is 2.26. The van der Waals surface area contributed by atoms with Gasteiger partial charge in [-0.05, 0) is 47.2 Å². The van der Waals surface area contributed by atoms with Crippen LogP contribution >= 0.6 is 11.3 Å². The highest BCUT2D eigenvalue weighted by molar-refractivity contribution is 7.12. The maximum Gasteiger partial charge on any atom is 0.353 e. The maximum absolute atomic E-state index is 13.3. The molecule has 3 heterocycles. The number of esters is 1. The molecule has 2 aromatic heterocycles. The van der Waals surface area contributed by atoms with E-state index in [2.05, 4.69) is 0 Å². The molecule has 0 amide bonds. The highest BCUT2D eigenvalue weighted by Crippen LogP contribution is 2.35. The third kappa shape index (κ3) is 3.76. The Kier molecular flexibility index (Phi) is 5.41. The molecule has 1 aliphatic heterocycles. The van der Waals surface area contributed by atoms with E-state index < -0.39 is 5.97 Å². The molecule has 0 unspecified atom stereocenters. The van der Waals surface area contributed by atoms with Crippen molar-refractivity contribution in [3.63, 3.8) is 0 Å². The molecule has 0 saturated carbocycles. The van der Waals surface area contributed by atoms with Crippen molar-refractivity contribution in [1.82, 2.24) is 0 Å². The minimum absolute atomic E-state index is 0.156. The zero-order chi connectivity index (χ0) is 22.1. The number of benzene rings is 2. The third-order valence-corrected chi connectivity index (χ3v) is 6.10. The molecule has 6 nitrogen and oxygen atoms in total. The normalized spacial score (nSPS) is 12.7. The van der Waals surface area contributed by atoms with Crippen LogP contribution in [0.2, 0.25) is 0 Å². The lowest BCUT2D eigenvalue weighted by molar-refractivity contribution is 0.0738. The molecule has 5 rings (SSSR count). The van der Waals surface area contributed by atoms with Gasteiger partial charge in [0.15, 0.2) is 11.5 Å². The van der Waals surface area contributed by atoms with Gasteiger partial charge in [-0.2, -0.15) is 0 Å². The third-order valence-electron chi connectivity index (χ3n) is 5.25. The molecule has 1 aliphatic rings. The molecule has 0 radical (unpaired) electrons. The Bertz CT molecular complexity index is 1350. The van der Waals surface area contributed by atoms with Crippen LogP contribution < -0.4 is 19.6 Å². The monoisotopic (exact) mass is 448 g/mol. The van der Waals surface area contributed by atoms with Crippen LogP contribution in [-0.2, 0) is 6.42 Å². The Balaban J connectivity index is 1.57.